The van der Waals surface area contributed by atoms with E-state index in [-0.39, 0.29) is 24.0 Å². The van der Waals surface area contributed by atoms with Crippen LogP contribution in [0.4, 0.5) is 0 Å². The van der Waals surface area contributed by atoms with Gasteiger partial charge in [0.05, 0.1) is 33.0 Å². The van der Waals surface area contributed by atoms with Gasteiger partial charge in [0.15, 0.2) is 5.96 Å². The highest BCUT2D eigenvalue weighted by Gasteiger charge is 2.27. The Bertz CT molecular complexity index is 420. The third-order valence-electron chi connectivity index (χ3n) is 5.34. The number of aliphatic imine (C=N–C) groups is 1. The zero-order valence-electron chi connectivity index (χ0n) is 17.5. The summed E-state index contributed by atoms with van der Waals surface area (Å²) in [5, 5.41) is 3.62. The van der Waals surface area contributed by atoms with E-state index < -0.39 is 0 Å². The molecule has 0 aromatic carbocycles. The van der Waals surface area contributed by atoms with Gasteiger partial charge < -0.3 is 24.4 Å². The second-order valence-electron chi connectivity index (χ2n) is 7.56. The maximum atomic E-state index is 5.70. The van der Waals surface area contributed by atoms with Crippen molar-refractivity contribution in [3.05, 3.63) is 0 Å². The van der Waals surface area contributed by atoms with Crippen molar-refractivity contribution in [3.63, 3.8) is 0 Å². The van der Waals surface area contributed by atoms with Gasteiger partial charge in [-0.1, -0.05) is 13.8 Å². The molecule has 0 saturated carbocycles. The van der Waals surface area contributed by atoms with Gasteiger partial charge in [0.2, 0.25) is 0 Å². The van der Waals surface area contributed by atoms with Crippen molar-refractivity contribution in [2.75, 3.05) is 79.9 Å². The summed E-state index contributed by atoms with van der Waals surface area (Å²) in [5.74, 6) is 2.19. The third kappa shape index (κ3) is 8.39. The van der Waals surface area contributed by atoms with E-state index in [1.165, 1.54) is 0 Å². The summed E-state index contributed by atoms with van der Waals surface area (Å²) in [5.41, 5.74) is 0. The molecule has 0 aliphatic carbocycles. The van der Waals surface area contributed by atoms with Crippen molar-refractivity contribution >= 4 is 29.9 Å². The quantitative estimate of drug-likeness (QED) is 0.225. The highest BCUT2D eigenvalue weighted by Crippen LogP contribution is 2.17. The van der Waals surface area contributed by atoms with Crippen LogP contribution in [0.15, 0.2) is 4.99 Å². The first-order valence-electron chi connectivity index (χ1n) is 9.99. The second kappa shape index (κ2) is 13.9. The summed E-state index contributed by atoms with van der Waals surface area (Å²) in [6.07, 6.45) is 1.16. The number of methoxy groups -OCH3 is 1. The van der Waals surface area contributed by atoms with Crippen LogP contribution in [0.2, 0.25) is 0 Å². The Morgan fingerprint density at radius 2 is 1.96 bits per heavy atom. The van der Waals surface area contributed by atoms with E-state index in [1.807, 2.05) is 7.05 Å². The number of hydrogen-bond acceptors (Lipinski definition) is 5. The lowest BCUT2D eigenvalue weighted by Gasteiger charge is -2.37. The number of nitrogens with one attached hydrogen (secondary N) is 1. The lowest BCUT2D eigenvalue weighted by Crippen LogP contribution is -2.53. The number of rotatable bonds is 9. The SMILES string of the molecule is CN=C(NCC(C(C)C)N1CCOCC1)N1CCC(COCCOC)C1.I. The van der Waals surface area contributed by atoms with Gasteiger partial charge in [-0.2, -0.15) is 0 Å². The van der Waals surface area contributed by atoms with E-state index in [2.05, 4.69) is 34.0 Å². The largest absolute Gasteiger partial charge is 0.382 e. The maximum Gasteiger partial charge on any atom is 0.193 e. The first-order chi connectivity index (χ1) is 12.7. The summed E-state index contributed by atoms with van der Waals surface area (Å²) >= 11 is 0. The molecule has 2 heterocycles. The molecule has 160 valence electrons. The molecule has 0 amide bonds. The topological polar surface area (TPSA) is 58.6 Å². The Hall–Kier alpha value is -0.160. The van der Waals surface area contributed by atoms with Crippen LogP contribution >= 0.6 is 24.0 Å². The molecule has 2 aliphatic heterocycles. The molecule has 0 aromatic heterocycles. The fraction of sp³-hybridized carbons (Fsp3) is 0.947. The van der Waals surface area contributed by atoms with Crippen molar-refractivity contribution in [3.8, 4) is 0 Å². The number of ether oxygens (including phenoxy) is 3. The van der Waals surface area contributed by atoms with Gasteiger partial charge in [-0.05, 0) is 12.3 Å². The molecule has 2 rings (SSSR count). The average molecular weight is 498 g/mol. The van der Waals surface area contributed by atoms with Crippen molar-refractivity contribution in [2.24, 2.45) is 16.8 Å². The predicted octanol–water partition coefficient (Wildman–Crippen LogP) is 1.52. The molecule has 1 N–H and O–H groups in total. The molecule has 0 radical (unpaired) electrons. The monoisotopic (exact) mass is 498 g/mol. The van der Waals surface area contributed by atoms with Gasteiger partial charge in [0, 0.05) is 58.8 Å². The minimum Gasteiger partial charge on any atom is -0.382 e. The summed E-state index contributed by atoms with van der Waals surface area (Å²) in [6, 6.07) is 0.506. The van der Waals surface area contributed by atoms with E-state index in [4.69, 9.17) is 14.2 Å². The molecular formula is C19H39IN4O3. The van der Waals surface area contributed by atoms with E-state index in [0.717, 1.165) is 64.9 Å². The third-order valence-corrected chi connectivity index (χ3v) is 5.34. The Labute approximate surface area is 182 Å². The molecule has 8 heteroatoms. The number of morpholine rings is 1. The summed E-state index contributed by atoms with van der Waals surface area (Å²) in [4.78, 5) is 9.43. The molecule has 0 spiro atoms. The van der Waals surface area contributed by atoms with Crippen LogP contribution in [-0.2, 0) is 14.2 Å². The smallest absolute Gasteiger partial charge is 0.193 e. The van der Waals surface area contributed by atoms with Crippen LogP contribution in [0, 0.1) is 11.8 Å². The zero-order valence-corrected chi connectivity index (χ0v) is 19.8. The Kier molecular flexibility index (Phi) is 12.8. The number of hydrogen-bond donors (Lipinski definition) is 1. The standard InChI is InChI=1S/C19H38N4O3.HI/c1-16(2)18(22-7-9-25-10-8-22)13-21-19(20-3)23-6-5-17(14-23)15-26-12-11-24-4;/h16-18H,5-15H2,1-4H3,(H,20,21);1H. The van der Waals surface area contributed by atoms with Crippen LogP contribution in [0.25, 0.3) is 0 Å². The van der Waals surface area contributed by atoms with Crippen molar-refractivity contribution in [1.29, 1.82) is 0 Å². The van der Waals surface area contributed by atoms with Crippen LogP contribution < -0.4 is 5.32 Å². The number of likely N-dealkylation sites (tertiary alicyclic amines) is 1. The van der Waals surface area contributed by atoms with Gasteiger partial charge in [0.25, 0.3) is 0 Å². The zero-order chi connectivity index (χ0) is 18.8. The first-order valence-corrected chi connectivity index (χ1v) is 9.99. The van der Waals surface area contributed by atoms with Crippen molar-refractivity contribution in [2.45, 2.75) is 26.3 Å². The molecule has 2 atom stereocenters. The Morgan fingerprint density at radius 3 is 2.59 bits per heavy atom. The van der Waals surface area contributed by atoms with Crippen LogP contribution in [0.3, 0.4) is 0 Å². The van der Waals surface area contributed by atoms with Gasteiger partial charge in [-0.25, -0.2) is 0 Å². The highest BCUT2D eigenvalue weighted by atomic mass is 127. The van der Waals surface area contributed by atoms with Gasteiger partial charge in [-0.3, -0.25) is 9.89 Å². The lowest BCUT2D eigenvalue weighted by atomic mass is 10.0. The average Bonchev–Trinajstić information content (AvgIpc) is 3.11. The molecule has 2 aliphatic rings. The molecule has 2 unspecified atom stereocenters. The van der Waals surface area contributed by atoms with Crippen LogP contribution in [0.5, 0.6) is 0 Å². The van der Waals surface area contributed by atoms with Crippen LogP contribution in [0.1, 0.15) is 20.3 Å². The number of halogens is 1. The second-order valence-corrected chi connectivity index (χ2v) is 7.56. The predicted molar refractivity (Wildman–Crippen MR) is 120 cm³/mol. The summed E-state index contributed by atoms with van der Waals surface area (Å²) < 4.78 is 16.2. The lowest BCUT2D eigenvalue weighted by molar-refractivity contribution is 0.00741. The molecule has 2 saturated heterocycles. The molecule has 7 nitrogen and oxygen atoms in total. The maximum absolute atomic E-state index is 5.70. The van der Waals surface area contributed by atoms with Crippen molar-refractivity contribution < 1.29 is 14.2 Å². The fourth-order valence-electron chi connectivity index (χ4n) is 3.78. The van der Waals surface area contributed by atoms with Gasteiger partial charge in [0.1, 0.15) is 0 Å². The number of guanidine groups is 1. The van der Waals surface area contributed by atoms with E-state index in [1.54, 1.807) is 7.11 Å². The van der Waals surface area contributed by atoms with Gasteiger partial charge in [-0.15, -0.1) is 24.0 Å². The summed E-state index contributed by atoms with van der Waals surface area (Å²) in [7, 11) is 3.58. The molecule has 27 heavy (non-hydrogen) atoms. The first kappa shape index (κ1) is 24.9. The Morgan fingerprint density at radius 1 is 1.22 bits per heavy atom. The van der Waals surface area contributed by atoms with Crippen molar-refractivity contribution in [1.82, 2.24) is 15.1 Å². The van der Waals surface area contributed by atoms with E-state index >= 15 is 0 Å². The van der Waals surface area contributed by atoms with E-state index in [9.17, 15) is 0 Å². The highest BCUT2D eigenvalue weighted by molar-refractivity contribution is 14.0. The Balaban J connectivity index is 0.00000364. The fourth-order valence-corrected chi connectivity index (χ4v) is 3.78. The minimum absolute atomic E-state index is 0. The van der Waals surface area contributed by atoms with Crippen LogP contribution in [-0.4, -0.2) is 102 Å². The minimum atomic E-state index is 0. The summed E-state index contributed by atoms with van der Waals surface area (Å²) in [6.45, 7) is 13.5. The molecular weight excluding hydrogens is 459 g/mol. The molecule has 0 bridgehead atoms. The molecule has 2 fully saturated rings. The molecule has 0 aromatic rings. The van der Waals surface area contributed by atoms with Gasteiger partial charge >= 0.3 is 0 Å². The normalized spacial score (nSPS) is 22.8. The number of nitrogens with zero attached hydrogens (tertiary/aromatic N) is 3. The van der Waals surface area contributed by atoms with E-state index in [0.29, 0.717) is 31.1 Å².